The predicted molar refractivity (Wildman–Crippen MR) is 259 cm³/mol. The molecule has 11 rings (SSSR count). The van der Waals surface area contributed by atoms with Crippen LogP contribution in [-0.2, 0) is 0 Å². The lowest BCUT2D eigenvalue weighted by Gasteiger charge is -2.20. The molecule has 0 radical (unpaired) electrons. The van der Waals surface area contributed by atoms with Crippen molar-refractivity contribution in [3.63, 3.8) is 0 Å². The Bertz CT molecular complexity index is 3360. The van der Waals surface area contributed by atoms with E-state index >= 15 is 0 Å². The monoisotopic (exact) mass is 778 g/mol. The molecule has 61 heavy (non-hydrogen) atoms. The van der Waals surface area contributed by atoms with Crippen molar-refractivity contribution >= 4 is 43.1 Å². The zero-order chi connectivity index (χ0) is 40.9. The Hall–Kier alpha value is -7.68. The minimum absolute atomic E-state index is 0.399. The minimum Gasteiger partial charge on any atom is -0.228 e. The van der Waals surface area contributed by atoms with Crippen molar-refractivity contribution in [2.45, 2.75) is 19.8 Å². The van der Waals surface area contributed by atoms with E-state index in [4.69, 9.17) is 9.97 Å². The van der Waals surface area contributed by atoms with Crippen molar-refractivity contribution in [3.8, 4) is 67.3 Å². The lowest BCUT2D eigenvalue weighted by atomic mass is 9.83. The Morgan fingerprint density at radius 3 is 1.31 bits per heavy atom. The Morgan fingerprint density at radius 2 is 0.738 bits per heavy atom. The summed E-state index contributed by atoms with van der Waals surface area (Å²) in [6.45, 7) is 4.57. The smallest absolute Gasteiger partial charge is 0.160 e. The van der Waals surface area contributed by atoms with Crippen LogP contribution in [0.25, 0.3) is 110 Å². The van der Waals surface area contributed by atoms with Crippen LogP contribution < -0.4 is 0 Å². The van der Waals surface area contributed by atoms with Crippen molar-refractivity contribution in [2.24, 2.45) is 0 Å². The molecule has 1 aromatic heterocycles. The van der Waals surface area contributed by atoms with Gasteiger partial charge < -0.3 is 0 Å². The van der Waals surface area contributed by atoms with Gasteiger partial charge in [-0.3, -0.25) is 0 Å². The van der Waals surface area contributed by atoms with Crippen LogP contribution in [-0.4, -0.2) is 9.97 Å². The van der Waals surface area contributed by atoms with Gasteiger partial charge in [0.2, 0.25) is 0 Å². The second-order valence-corrected chi connectivity index (χ2v) is 16.4. The van der Waals surface area contributed by atoms with E-state index in [0.29, 0.717) is 11.7 Å². The normalized spacial score (nSPS) is 11.6. The molecule has 0 amide bonds. The number of benzene rings is 10. The average Bonchev–Trinajstić information content (AvgIpc) is 3.33. The lowest BCUT2D eigenvalue weighted by Crippen LogP contribution is -1.96. The number of hydrogen-bond acceptors (Lipinski definition) is 2. The van der Waals surface area contributed by atoms with E-state index in [-0.39, 0.29) is 0 Å². The Balaban J connectivity index is 1.11. The summed E-state index contributed by atoms with van der Waals surface area (Å²) in [5.74, 6) is 1.11. The third-order valence-electron chi connectivity index (χ3n) is 12.2. The highest BCUT2D eigenvalue weighted by Gasteiger charge is 2.20. The molecule has 2 heteroatoms. The number of aromatic nitrogens is 2. The van der Waals surface area contributed by atoms with Gasteiger partial charge in [0.25, 0.3) is 0 Å². The third-order valence-corrected chi connectivity index (χ3v) is 12.2. The summed E-state index contributed by atoms with van der Waals surface area (Å²) in [6, 6.07) is 77.0. The molecule has 0 unspecified atom stereocenters. The van der Waals surface area contributed by atoms with E-state index in [2.05, 4.69) is 202 Å². The molecule has 11 aromatic rings. The summed E-state index contributed by atoms with van der Waals surface area (Å²) in [4.78, 5) is 10.1. The molecule has 0 atom stereocenters. The Kier molecular flexibility index (Phi) is 9.05. The van der Waals surface area contributed by atoms with Gasteiger partial charge in [0.15, 0.2) is 5.82 Å². The van der Waals surface area contributed by atoms with Crippen LogP contribution in [0, 0.1) is 0 Å². The SMILES string of the molecule is CC(C)c1ccc2c(-c3ccc4ccccc4c3)c3cc(-c4ccc(-c5cc(-c6ccccc6)nc(-c6ccccc6)n5)cc4)ccc3c(-c3ccc4ccccc4c3)c2c1. The van der Waals surface area contributed by atoms with Crippen LogP contribution in [0.1, 0.15) is 25.3 Å². The topological polar surface area (TPSA) is 25.8 Å². The highest BCUT2D eigenvalue weighted by atomic mass is 14.9. The minimum atomic E-state index is 0.399. The number of hydrogen-bond donors (Lipinski definition) is 0. The molecule has 0 aliphatic heterocycles. The summed E-state index contributed by atoms with van der Waals surface area (Å²) in [6.07, 6.45) is 0. The van der Waals surface area contributed by atoms with E-state index < -0.39 is 0 Å². The van der Waals surface area contributed by atoms with Gasteiger partial charge in [-0.25, -0.2) is 9.97 Å². The quantitative estimate of drug-likeness (QED) is 0.151. The van der Waals surface area contributed by atoms with Crippen molar-refractivity contribution in [1.82, 2.24) is 9.97 Å². The molecule has 0 saturated carbocycles. The summed E-state index contributed by atoms with van der Waals surface area (Å²) in [7, 11) is 0. The molecule has 288 valence electrons. The fraction of sp³-hybridized carbons (Fsp3) is 0.0508. The molecule has 0 spiro atoms. The molecular formula is C59H42N2. The fourth-order valence-electron chi connectivity index (χ4n) is 9.00. The standard InChI is InChI=1S/C59H42N2/c1-38(2)45-29-31-51-53(35-45)57(49-27-23-39-13-9-11-19-46(39)33-49)52-32-30-48(36-54(52)58(51)50-28-24-40-14-10-12-20-47(40)34-50)41-21-25-43(26-22-41)56-37-55(42-15-5-3-6-16-42)60-59(61-56)44-17-7-4-8-18-44/h3-38H,1-2H3. The van der Waals surface area contributed by atoms with Gasteiger partial charge in [0, 0.05) is 16.7 Å². The first-order valence-corrected chi connectivity index (χ1v) is 21.2. The number of rotatable bonds is 7. The van der Waals surface area contributed by atoms with Crippen molar-refractivity contribution < 1.29 is 0 Å². The molecule has 0 aliphatic rings. The summed E-state index contributed by atoms with van der Waals surface area (Å²) in [5, 5.41) is 9.99. The van der Waals surface area contributed by atoms with Gasteiger partial charge in [0.05, 0.1) is 11.4 Å². The van der Waals surface area contributed by atoms with Gasteiger partial charge in [-0.2, -0.15) is 0 Å². The van der Waals surface area contributed by atoms with Crippen LogP contribution in [0.15, 0.2) is 212 Å². The van der Waals surface area contributed by atoms with E-state index in [0.717, 1.165) is 33.6 Å². The van der Waals surface area contributed by atoms with E-state index in [1.165, 1.54) is 76.5 Å². The molecule has 0 aliphatic carbocycles. The van der Waals surface area contributed by atoms with E-state index in [1.807, 2.05) is 24.3 Å². The van der Waals surface area contributed by atoms with Crippen LogP contribution in [0.4, 0.5) is 0 Å². The maximum atomic E-state index is 5.10. The molecule has 2 nitrogen and oxygen atoms in total. The van der Waals surface area contributed by atoms with Crippen LogP contribution in [0.3, 0.4) is 0 Å². The Morgan fingerprint density at radius 1 is 0.295 bits per heavy atom. The highest BCUT2D eigenvalue weighted by molar-refractivity contribution is 6.22. The third kappa shape index (κ3) is 6.73. The predicted octanol–water partition coefficient (Wildman–Crippen LogP) is 16.2. The largest absolute Gasteiger partial charge is 0.228 e. The first kappa shape index (κ1) is 36.4. The van der Waals surface area contributed by atoms with Crippen molar-refractivity contribution in [3.05, 3.63) is 218 Å². The summed E-state index contributed by atoms with van der Waals surface area (Å²) >= 11 is 0. The van der Waals surface area contributed by atoms with Gasteiger partial charge in [0.1, 0.15) is 0 Å². The van der Waals surface area contributed by atoms with Crippen molar-refractivity contribution in [2.75, 3.05) is 0 Å². The van der Waals surface area contributed by atoms with Crippen LogP contribution in [0.5, 0.6) is 0 Å². The van der Waals surface area contributed by atoms with Crippen LogP contribution >= 0.6 is 0 Å². The molecule has 0 N–H and O–H groups in total. The van der Waals surface area contributed by atoms with Gasteiger partial charge >= 0.3 is 0 Å². The fourth-order valence-corrected chi connectivity index (χ4v) is 9.00. The zero-order valence-corrected chi connectivity index (χ0v) is 34.2. The maximum Gasteiger partial charge on any atom is 0.160 e. The average molecular weight is 779 g/mol. The maximum absolute atomic E-state index is 5.10. The van der Waals surface area contributed by atoms with E-state index in [1.54, 1.807) is 0 Å². The van der Waals surface area contributed by atoms with Crippen LogP contribution in [0.2, 0.25) is 0 Å². The molecule has 1 heterocycles. The number of nitrogens with zero attached hydrogens (tertiary/aromatic N) is 2. The molecule has 0 saturated heterocycles. The lowest BCUT2D eigenvalue weighted by molar-refractivity contribution is 0.869. The summed E-state index contributed by atoms with van der Waals surface area (Å²) in [5.41, 5.74) is 13.5. The second-order valence-electron chi connectivity index (χ2n) is 16.4. The highest BCUT2D eigenvalue weighted by Crippen LogP contribution is 2.46. The van der Waals surface area contributed by atoms with Gasteiger partial charge in [-0.15, -0.1) is 0 Å². The van der Waals surface area contributed by atoms with Gasteiger partial charge in [-0.05, 0) is 112 Å². The first-order chi connectivity index (χ1) is 30.0. The molecule has 10 aromatic carbocycles. The molecular weight excluding hydrogens is 737 g/mol. The van der Waals surface area contributed by atoms with Crippen molar-refractivity contribution in [1.29, 1.82) is 0 Å². The van der Waals surface area contributed by atoms with E-state index in [9.17, 15) is 0 Å². The first-order valence-electron chi connectivity index (χ1n) is 21.2. The summed E-state index contributed by atoms with van der Waals surface area (Å²) < 4.78 is 0. The zero-order valence-electron chi connectivity index (χ0n) is 34.2. The molecule has 0 bridgehead atoms. The Labute approximate surface area is 356 Å². The molecule has 0 fully saturated rings. The number of fused-ring (bicyclic) bond motifs is 4. The van der Waals surface area contributed by atoms with Gasteiger partial charge in [-0.1, -0.05) is 202 Å². The second kappa shape index (κ2) is 15.2.